The molecule has 2 rings (SSSR count). The highest BCUT2D eigenvalue weighted by molar-refractivity contribution is 5.92. The second-order valence-electron chi connectivity index (χ2n) is 6.90. The number of ether oxygens (including phenoxy) is 1. The maximum absolute atomic E-state index is 12.4. The Morgan fingerprint density at radius 2 is 1.92 bits per heavy atom. The topological polar surface area (TPSA) is 59.8 Å². The lowest BCUT2D eigenvalue weighted by Gasteiger charge is -2.27. The van der Waals surface area contributed by atoms with E-state index in [1.54, 1.807) is 0 Å². The van der Waals surface area contributed by atoms with Crippen LogP contribution >= 0.6 is 0 Å². The quantitative estimate of drug-likeness (QED) is 0.742. The monoisotopic (exact) mass is 347 g/mol. The number of hydrogen-bond acceptors (Lipinski definition) is 3. The van der Waals surface area contributed by atoms with Gasteiger partial charge in [0.1, 0.15) is 0 Å². The summed E-state index contributed by atoms with van der Waals surface area (Å²) in [5.41, 5.74) is 2.11. The Balaban J connectivity index is 1.85. The summed E-state index contributed by atoms with van der Waals surface area (Å²) >= 11 is 0. The van der Waals surface area contributed by atoms with Crippen molar-refractivity contribution < 1.29 is 19.2 Å². The Morgan fingerprint density at radius 3 is 2.56 bits per heavy atom. The van der Waals surface area contributed by atoms with Crippen LogP contribution in [0.2, 0.25) is 0 Å². The van der Waals surface area contributed by atoms with Crippen molar-refractivity contribution in [1.82, 2.24) is 0 Å². The van der Waals surface area contributed by atoms with Gasteiger partial charge in [-0.1, -0.05) is 32.0 Å². The van der Waals surface area contributed by atoms with E-state index in [9.17, 15) is 9.59 Å². The molecular formula is C20H31N2O3+. The summed E-state index contributed by atoms with van der Waals surface area (Å²) in [6.07, 6.45) is 2.63. The van der Waals surface area contributed by atoms with Gasteiger partial charge in [-0.3, -0.25) is 9.59 Å². The predicted octanol–water partition coefficient (Wildman–Crippen LogP) is 2.00. The van der Waals surface area contributed by atoms with E-state index in [0.717, 1.165) is 38.0 Å². The molecule has 1 heterocycles. The number of amides is 1. The highest BCUT2D eigenvalue weighted by Crippen LogP contribution is 2.26. The van der Waals surface area contributed by atoms with Gasteiger partial charge in [0.05, 0.1) is 25.6 Å². The summed E-state index contributed by atoms with van der Waals surface area (Å²) in [5.74, 6) is 0.371. The van der Waals surface area contributed by atoms with Crippen LogP contribution in [0.5, 0.6) is 0 Å². The lowest BCUT2D eigenvalue weighted by molar-refractivity contribution is -0.897. The van der Waals surface area contributed by atoms with Crippen LogP contribution < -0.4 is 10.2 Å². The standard InChI is InChI=1S/C20H30N2O3/c1-4-15(3)17-8-6-7-9-18(17)21-19(23)14-22-12-10-16(11-13-22)20(24)25-5-2/h6-9,15-16H,4-5,10-14H2,1-3H3,(H,21,23)/p+1/t15-/m1/s1. The summed E-state index contributed by atoms with van der Waals surface area (Å²) in [4.78, 5) is 25.5. The molecule has 138 valence electrons. The number of benzene rings is 1. The van der Waals surface area contributed by atoms with Gasteiger partial charge in [-0.05, 0) is 30.9 Å². The fourth-order valence-electron chi connectivity index (χ4n) is 3.38. The fourth-order valence-corrected chi connectivity index (χ4v) is 3.38. The number of anilines is 1. The van der Waals surface area contributed by atoms with Crippen LogP contribution in [0.4, 0.5) is 5.69 Å². The summed E-state index contributed by atoms with van der Waals surface area (Å²) < 4.78 is 5.10. The van der Waals surface area contributed by atoms with E-state index < -0.39 is 0 Å². The molecule has 5 heteroatoms. The van der Waals surface area contributed by atoms with Crippen LogP contribution in [0.1, 0.15) is 51.5 Å². The first kappa shape index (κ1) is 19.4. The van der Waals surface area contributed by atoms with Gasteiger partial charge < -0.3 is 15.0 Å². The molecule has 2 N–H and O–H groups in total. The molecule has 1 atom stereocenters. The van der Waals surface area contributed by atoms with Crippen molar-refractivity contribution >= 4 is 17.6 Å². The van der Waals surface area contributed by atoms with E-state index in [1.807, 2.05) is 25.1 Å². The van der Waals surface area contributed by atoms with Crippen LogP contribution in [-0.2, 0) is 14.3 Å². The zero-order valence-corrected chi connectivity index (χ0v) is 15.6. The Morgan fingerprint density at radius 1 is 1.24 bits per heavy atom. The van der Waals surface area contributed by atoms with Crippen molar-refractivity contribution in [2.24, 2.45) is 5.92 Å². The van der Waals surface area contributed by atoms with Crippen molar-refractivity contribution in [3.05, 3.63) is 29.8 Å². The molecule has 0 aromatic heterocycles. The van der Waals surface area contributed by atoms with Gasteiger partial charge in [-0.2, -0.15) is 0 Å². The first-order valence-corrected chi connectivity index (χ1v) is 9.44. The molecule has 1 amide bonds. The van der Waals surface area contributed by atoms with Crippen LogP contribution in [0, 0.1) is 5.92 Å². The number of rotatable bonds is 7. The number of quaternary nitrogens is 1. The summed E-state index contributed by atoms with van der Waals surface area (Å²) in [5, 5.41) is 3.08. The minimum atomic E-state index is -0.0894. The van der Waals surface area contributed by atoms with Crippen LogP contribution in [-0.4, -0.2) is 38.1 Å². The van der Waals surface area contributed by atoms with E-state index in [1.165, 1.54) is 10.5 Å². The number of para-hydroxylation sites is 1. The maximum atomic E-state index is 12.4. The van der Waals surface area contributed by atoms with Gasteiger partial charge in [0, 0.05) is 18.5 Å². The number of hydrogen-bond donors (Lipinski definition) is 2. The highest BCUT2D eigenvalue weighted by Gasteiger charge is 2.29. The average molecular weight is 347 g/mol. The van der Waals surface area contributed by atoms with Crippen molar-refractivity contribution in [2.75, 3.05) is 31.6 Å². The lowest BCUT2D eigenvalue weighted by Crippen LogP contribution is -3.14. The van der Waals surface area contributed by atoms with E-state index in [2.05, 4.69) is 25.2 Å². The summed E-state index contributed by atoms with van der Waals surface area (Å²) in [6.45, 7) is 8.72. The van der Waals surface area contributed by atoms with Crippen molar-refractivity contribution in [1.29, 1.82) is 0 Å². The number of esters is 1. The van der Waals surface area contributed by atoms with Gasteiger partial charge in [0.15, 0.2) is 6.54 Å². The van der Waals surface area contributed by atoms with Crippen LogP contribution in [0.3, 0.4) is 0 Å². The molecule has 0 unspecified atom stereocenters. The minimum absolute atomic E-state index is 0.00195. The SMILES string of the molecule is CCOC(=O)C1CC[NH+](CC(=O)Nc2ccccc2[C@H](C)CC)CC1. The van der Waals surface area contributed by atoms with Crippen LogP contribution in [0.15, 0.2) is 24.3 Å². The predicted molar refractivity (Wildman–Crippen MR) is 98.7 cm³/mol. The Bertz CT molecular complexity index is 580. The minimum Gasteiger partial charge on any atom is -0.466 e. The second kappa shape index (κ2) is 9.56. The third-order valence-corrected chi connectivity index (χ3v) is 5.10. The molecule has 5 nitrogen and oxygen atoms in total. The lowest BCUT2D eigenvalue weighted by atomic mass is 9.96. The maximum Gasteiger partial charge on any atom is 0.309 e. The third kappa shape index (κ3) is 5.56. The molecule has 1 aromatic carbocycles. The Hall–Kier alpha value is -1.88. The molecule has 0 saturated carbocycles. The average Bonchev–Trinajstić information content (AvgIpc) is 2.62. The molecule has 0 spiro atoms. The first-order chi connectivity index (χ1) is 12.0. The molecular weight excluding hydrogens is 316 g/mol. The fraction of sp³-hybridized carbons (Fsp3) is 0.600. The van der Waals surface area contributed by atoms with E-state index >= 15 is 0 Å². The van der Waals surface area contributed by atoms with Crippen molar-refractivity contribution in [3.8, 4) is 0 Å². The zero-order valence-electron chi connectivity index (χ0n) is 15.6. The van der Waals surface area contributed by atoms with Crippen molar-refractivity contribution in [3.63, 3.8) is 0 Å². The molecule has 0 bridgehead atoms. The molecule has 0 radical (unpaired) electrons. The third-order valence-electron chi connectivity index (χ3n) is 5.10. The largest absolute Gasteiger partial charge is 0.466 e. The number of carbonyl (C=O) groups is 2. The molecule has 1 aliphatic rings. The Kier molecular flexibility index (Phi) is 7.44. The van der Waals surface area contributed by atoms with Gasteiger partial charge in [-0.15, -0.1) is 0 Å². The van der Waals surface area contributed by atoms with Gasteiger partial charge >= 0.3 is 5.97 Å². The van der Waals surface area contributed by atoms with Gasteiger partial charge in [-0.25, -0.2) is 0 Å². The summed E-state index contributed by atoms with van der Waals surface area (Å²) in [7, 11) is 0. The van der Waals surface area contributed by atoms with Gasteiger partial charge in [0.2, 0.25) is 0 Å². The highest BCUT2D eigenvalue weighted by atomic mass is 16.5. The molecule has 25 heavy (non-hydrogen) atoms. The van der Waals surface area contributed by atoms with Crippen LogP contribution in [0.25, 0.3) is 0 Å². The number of likely N-dealkylation sites (tertiary alicyclic amines) is 1. The molecule has 1 fully saturated rings. The molecule has 1 saturated heterocycles. The number of carbonyl (C=O) groups excluding carboxylic acids is 2. The first-order valence-electron chi connectivity index (χ1n) is 9.44. The zero-order chi connectivity index (χ0) is 18.2. The Labute approximate surface area is 150 Å². The van der Waals surface area contributed by atoms with Gasteiger partial charge in [0.25, 0.3) is 5.91 Å². The van der Waals surface area contributed by atoms with Crippen molar-refractivity contribution in [2.45, 2.75) is 46.0 Å². The summed E-state index contributed by atoms with van der Waals surface area (Å²) in [6, 6.07) is 8.03. The smallest absolute Gasteiger partial charge is 0.309 e. The van der Waals surface area contributed by atoms with E-state index in [-0.39, 0.29) is 17.8 Å². The normalized spacial score (nSPS) is 21.4. The second-order valence-corrected chi connectivity index (χ2v) is 6.90. The molecule has 0 aliphatic carbocycles. The van der Waals surface area contributed by atoms with E-state index in [4.69, 9.17) is 4.74 Å². The van der Waals surface area contributed by atoms with E-state index in [0.29, 0.717) is 19.1 Å². The number of piperidine rings is 1. The molecule has 1 aliphatic heterocycles. The molecule has 1 aromatic rings. The number of nitrogens with one attached hydrogen (secondary N) is 2.